The summed E-state index contributed by atoms with van der Waals surface area (Å²) < 4.78 is 0. The number of nitrogens with one attached hydrogen (secondary N) is 3. The predicted molar refractivity (Wildman–Crippen MR) is 130 cm³/mol. The van der Waals surface area contributed by atoms with E-state index in [4.69, 9.17) is 5.73 Å². The molecule has 1 saturated heterocycles. The molecule has 0 aromatic heterocycles. The molecule has 5 N–H and O–H groups in total. The zero-order valence-corrected chi connectivity index (χ0v) is 21.0. The zero-order valence-electron chi connectivity index (χ0n) is 20.0. The summed E-state index contributed by atoms with van der Waals surface area (Å²) in [7, 11) is 0. The van der Waals surface area contributed by atoms with Gasteiger partial charge in [-0.1, -0.05) is 30.7 Å². The Balaban J connectivity index is 0. The second kappa shape index (κ2) is 19.5. The van der Waals surface area contributed by atoms with Crippen molar-refractivity contribution in [1.29, 1.82) is 0 Å². The number of allylic oxidation sites excluding steroid dienone is 4. The Hall–Kier alpha value is -1.19. The summed E-state index contributed by atoms with van der Waals surface area (Å²) in [6.45, 7) is 10.8. The normalized spacial score (nSPS) is 22.2. The molecular formula is C23H44CoN6O-2. The van der Waals surface area contributed by atoms with Crippen molar-refractivity contribution in [3.05, 3.63) is 53.5 Å². The van der Waals surface area contributed by atoms with Crippen LogP contribution in [0.3, 0.4) is 0 Å². The number of nitroso groups, excluding NO2 is 1. The summed E-state index contributed by atoms with van der Waals surface area (Å²) >= 11 is 0. The van der Waals surface area contributed by atoms with Crippen molar-refractivity contribution in [3.63, 3.8) is 0 Å². The molecule has 31 heavy (non-hydrogen) atoms. The summed E-state index contributed by atoms with van der Waals surface area (Å²) in [5, 5.41) is 17.3. The summed E-state index contributed by atoms with van der Waals surface area (Å²) in [4.78, 5) is 10.2. The van der Waals surface area contributed by atoms with Crippen LogP contribution in [0.15, 0.2) is 41.0 Å². The molecule has 0 aromatic rings. The zero-order chi connectivity index (χ0) is 21.5. The fraction of sp³-hybridized carbons (Fsp3) is 0.696. The third-order valence-electron chi connectivity index (χ3n) is 5.48. The maximum atomic E-state index is 10.2. The second-order valence-electron chi connectivity index (χ2n) is 8.00. The summed E-state index contributed by atoms with van der Waals surface area (Å²) in [5.41, 5.74) is 7.12. The van der Waals surface area contributed by atoms with Gasteiger partial charge in [-0.05, 0) is 71.6 Å². The average Bonchev–Trinajstić information content (AvgIpc) is 2.75. The third-order valence-corrected chi connectivity index (χ3v) is 5.48. The summed E-state index contributed by atoms with van der Waals surface area (Å²) in [6.07, 6.45) is 14.0. The first-order chi connectivity index (χ1) is 13.9. The molecule has 2 rings (SSSR count). The van der Waals surface area contributed by atoms with Crippen molar-refractivity contribution in [1.82, 2.24) is 16.0 Å². The predicted octanol–water partition coefficient (Wildman–Crippen LogP) is 4.10. The van der Waals surface area contributed by atoms with Crippen molar-refractivity contribution in [2.45, 2.75) is 84.0 Å². The third kappa shape index (κ3) is 15.3. The molecule has 0 spiro atoms. The molecule has 0 aliphatic carbocycles. The molecule has 0 bridgehead atoms. The Kier molecular flexibility index (Phi) is 20.1. The number of nitrogens with two attached hydrogens (primary N) is 1. The van der Waals surface area contributed by atoms with Crippen LogP contribution in [0.2, 0.25) is 0 Å². The van der Waals surface area contributed by atoms with Gasteiger partial charge in [0, 0.05) is 47.1 Å². The first-order valence-corrected chi connectivity index (χ1v) is 10.9. The molecule has 183 valence electrons. The van der Waals surface area contributed by atoms with Crippen LogP contribution in [-0.4, -0.2) is 43.8 Å². The number of rotatable bonds is 10. The van der Waals surface area contributed by atoms with Gasteiger partial charge in [-0.3, -0.25) is 0 Å². The van der Waals surface area contributed by atoms with Crippen LogP contribution in [0.1, 0.15) is 59.8 Å². The van der Waals surface area contributed by atoms with Gasteiger partial charge in [0.1, 0.15) is 5.70 Å². The van der Waals surface area contributed by atoms with Crippen LogP contribution in [0.5, 0.6) is 0 Å². The van der Waals surface area contributed by atoms with E-state index < -0.39 is 0 Å². The number of piperidine rings is 1. The van der Waals surface area contributed by atoms with Crippen LogP contribution in [0.4, 0.5) is 0 Å². The molecule has 0 amide bonds. The molecule has 2 heterocycles. The van der Waals surface area contributed by atoms with Gasteiger partial charge in [-0.15, -0.1) is 4.91 Å². The number of hydrogen-bond donors (Lipinski definition) is 4. The largest absolute Gasteiger partial charge is 0.685 e. The van der Waals surface area contributed by atoms with Gasteiger partial charge in [0.2, 0.25) is 0 Å². The van der Waals surface area contributed by atoms with Gasteiger partial charge in [0.25, 0.3) is 0 Å². The molecular weight excluding hydrogens is 435 g/mol. The number of hydrogen-bond acceptors (Lipinski definition) is 6. The van der Waals surface area contributed by atoms with Gasteiger partial charge >= 0.3 is 0 Å². The molecule has 2 aliphatic rings. The molecule has 8 heteroatoms. The van der Waals surface area contributed by atoms with E-state index in [0.29, 0.717) is 11.7 Å². The van der Waals surface area contributed by atoms with Gasteiger partial charge in [-0.2, -0.15) is 6.20 Å². The van der Waals surface area contributed by atoms with E-state index >= 15 is 0 Å². The molecule has 0 aromatic carbocycles. The van der Waals surface area contributed by atoms with Crippen LogP contribution in [-0.2, 0) is 16.8 Å². The van der Waals surface area contributed by atoms with E-state index in [1.54, 1.807) is 6.92 Å². The van der Waals surface area contributed by atoms with E-state index in [2.05, 4.69) is 46.4 Å². The van der Waals surface area contributed by atoms with Crippen LogP contribution in [0, 0.1) is 12.3 Å². The topological polar surface area (TPSA) is 106 Å². The Morgan fingerprint density at radius 1 is 1.23 bits per heavy atom. The second-order valence-corrected chi connectivity index (χ2v) is 8.00. The number of nitrogens with zero attached hydrogens (tertiary/aromatic N) is 2. The molecule has 0 saturated carbocycles. The van der Waals surface area contributed by atoms with Crippen molar-refractivity contribution < 1.29 is 16.8 Å². The van der Waals surface area contributed by atoms with Gasteiger partial charge in [0.05, 0.1) is 0 Å². The maximum absolute atomic E-state index is 10.2. The minimum atomic E-state index is 0. The fourth-order valence-electron chi connectivity index (χ4n) is 3.07. The first kappa shape index (κ1) is 32.0. The quantitative estimate of drug-likeness (QED) is 0.279. The van der Waals surface area contributed by atoms with E-state index in [1.165, 1.54) is 32.2 Å². The van der Waals surface area contributed by atoms with Crippen LogP contribution < -0.4 is 21.7 Å². The standard InChI is InChI=1S/C11H16N3O.C11H25N3.CH3.Co/c1-9(10(2)14-15)12-8-6-11-5-3-4-7-13-11;1-9(12)10(2)13-8-6-11-5-3-4-7-14-11;;/h3-5,7,11-12H,6,8H2,1-2H3;9-11,13-14H,3-8,12H2,1-2H3;1H3;/q-1;;-1;. The van der Waals surface area contributed by atoms with Crippen molar-refractivity contribution >= 4 is 0 Å². The van der Waals surface area contributed by atoms with Gasteiger partial charge < -0.3 is 34.4 Å². The van der Waals surface area contributed by atoms with E-state index in [0.717, 1.165) is 31.2 Å². The molecule has 2 aliphatic heterocycles. The van der Waals surface area contributed by atoms with Gasteiger partial charge in [-0.25, -0.2) is 0 Å². The summed E-state index contributed by atoms with van der Waals surface area (Å²) in [6, 6.07) is 1.66. The van der Waals surface area contributed by atoms with Crippen molar-refractivity contribution in [3.8, 4) is 0 Å². The van der Waals surface area contributed by atoms with Crippen LogP contribution >= 0.6 is 0 Å². The first-order valence-electron chi connectivity index (χ1n) is 10.9. The molecule has 1 fully saturated rings. The minimum absolute atomic E-state index is 0. The van der Waals surface area contributed by atoms with E-state index in [1.807, 2.05) is 25.3 Å². The Morgan fingerprint density at radius 3 is 2.52 bits per heavy atom. The van der Waals surface area contributed by atoms with Crippen molar-refractivity contribution in [2.24, 2.45) is 10.9 Å². The van der Waals surface area contributed by atoms with Crippen LogP contribution in [0.25, 0.3) is 5.32 Å². The SMILES string of the molecule is CC(N)C(C)NCCC1CCCCN1.CC(N=O)=C(C)NCCC1C=CC=C[N-]1.[CH3-].[Co]. The average molecular weight is 480 g/mol. The Labute approximate surface area is 200 Å². The monoisotopic (exact) mass is 479 g/mol. The molecule has 4 unspecified atom stereocenters. The summed E-state index contributed by atoms with van der Waals surface area (Å²) in [5.74, 6) is 0. The smallest absolute Gasteiger partial charge is 0.100 e. The fourth-order valence-corrected chi connectivity index (χ4v) is 3.07. The molecule has 7 nitrogen and oxygen atoms in total. The van der Waals surface area contributed by atoms with E-state index in [-0.39, 0.29) is 36.3 Å². The van der Waals surface area contributed by atoms with Gasteiger partial charge in [0.15, 0.2) is 0 Å². The Bertz CT molecular complexity index is 544. The molecule has 4 atom stereocenters. The van der Waals surface area contributed by atoms with E-state index in [9.17, 15) is 4.91 Å². The Morgan fingerprint density at radius 2 is 1.97 bits per heavy atom. The van der Waals surface area contributed by atoms with Crippen molar-refractivity contribution in [2.75, 3.05) is 19.6 Å². The molecule has 1 radical (unpaired) electrons. The maximum Gasteiger partial charge on any atom is 0.100 e. The minimum Gasteiger partial charge on any atom is -0.685 e.